The number of allylic oxidation sites excluding steroid dienone is 3. The van der Waals surface area contributed by atoms with Gasteiger partial charge in [-0.25, -0.2) is 0 Å². The smallest absolute Gasteiger partial charge is 0.254 e. The molecular formula is C28H27ClN2O4. The molecule has 6 nitrogen and oxygen atoms in total. The second kappa shape index (κ2) is 9.70. The molecule has 1 heterocycles. The highest BCUT2D eigenvalue weighted by atomic mass is 35.5. The minimum absolute atomic E-state index is 0.153. The van der Waals surface area contributed by atoms with Crippen molar-refractivity contribution < 1.29 is 19.1 Å². The molecule has 2 aromatic carbocycles. The fraction of sp³-hybridized carbons (Fsp3) is 0.321. The van der Waals surface area contributed by atoms with Crippen LogP contribution in [-0.4, -0.2) is 29.6 Å². The van der Waals surface area contributed by atoms with Gasteiger partial charge in [0.05, 0.1) is 24.7 Å². The number of benzene rings is 2. The van der Waals surface area contributed by atoms with Gasteiger partial charge in [-0.1, -0.05) is 48.0 Å². The largest absolute Gasteiger partial charge is 0.490 e. The SMILES string of the molecule is C=CCc1cc(C=NN2C(=O)[C@@H]3[C@H](C2=O)[C@H]2C=C[C@H]3C2)cc(OCC)c1OCc1ccccc1Cl. The van der Waals surface area contributed by atoms with E-state index in [1.807, 2.05) is 37.3 Å². The van der Waals surface area contributed by atoms with E-state index in [0.29, 0.717) is 35.1 Å². The third-order valence-electron chi connectivity index (χ3n) is 6.92. The van der Waals surface area contributed by atoms with E-state index in [1.54, 1.807) is 18.4 Å². The van der Waals surface area contributed by atoms with Crippen molar-refractivity contribution in [3.8, 4) is 11.5 Å². The number of rotatable bonds is 9. The number of hydrazone groups is 1. The molecule has 2 aliphatic carbocycles. The van der Waals surface area contributed by atoms with Crippen LogP contribution in [0.25, 0.3) is 0 Å². The molecule has 2 fully saturated rings. The first-order valence-electron chi connectivity index (χ1n) is 11.9. The number of carbonyl (C=O) groups excluding carboxylic acids is 2. The van der Waals surface area contributed by atoms with Gasteiger partial charge in [-0.3, -0.25) is 9.59 Å². The van der Waals surface area contributed by atoms with E-state index >= 15 is 0 Å². The number of ether oxygens (including phenoxy) is 2. The summed E-state index contributed by atoms with van der Waals surface area (Å²) >= 11 is 6.29. The lowest BCUT2D eigenvalue weighted by Gasteiger charge is -2.17. The molecule has 2 aromatic rings. The molecule has 4 atom stereocenters. The van der Waals surface area contributed by atoms with Crippen molar-refractivity contribution >= 4 is 29.6 Å². The highest BCUT2D eigenvalue weighted by Gasteiger charge is 2.59. The first-order valence-corrected chi connectivity index (χ1v) is 12.3. The molecular weight excluding hydrogens is 464 g/mol. The highest BCUT2D eigenvalue weighted by Crippen LogP contribution is 2.52. The Balaban J connectivity index is 1.41. The Morgan fingerprint density at radius 3 is 2.46 bits per heavy atom. The predicted molar refractivity (Wildman–Crippen MR) is 134 cm³/mol. The maximum Gasteiger partial charge on any atom is 0.254 e. The standard InChI is InChI=1S/C28H27ClN2O4/c1-3-7-20-12-17(13-23(34-4-2)26(20)35-16-21-8-5-6-9-22(21)29)15-30-31-27(32)24-18-10-11-19(14-18)25(24)28(31)33/h3,5-6,8-13,15,18-19,24-25H,1,4,7,14,16H2,2H3/t18-,19-,24-,25+/m0/s1. The van der Waals surface area contributed by atoms with E-state index < -0.39 is 0 Å². The fourth-order valence-electron chi connectivity index (χ4n) is 5.38. The highest BCUT2D eigenvalue weighted by molar-refractivity contribution is 6.31. The van der Waals surface area contributed by atoms with Crippen molar-refractivity contribution in [3.63, 3.8) is 0 Å². The molecule has 0 aromatic heterocycles. The molecule has 7 heteroatoms. The molecule has 2 bridgehead atoms. The van der Waals surface area contributed by atoms with Gasteiger partial charge in [0.25, 0.3) is 11.8 Å². The maximum absolute atomic E-state index is 12.9. The van der Waals surface area contributed by atoms with Gasteiger partial charge in [0.1, 0.15) is 6.61 Å². The first-order chi connectivity index (χ1) is 17.0. The summed E-state index contributed by atoms with van der Waals surface area (Å²) in [7, 11) is 0. The average Bonchev–Trinajstić information content (AvgIpc) is 3.53. The van der Waals surface area contributed by atoms with Gasteiger partial charge in [-0.2, -0.15) is 10.1 Å². The van der Waals surface area contributed by atoms with Gasteiger partial charge >= 0.3 is 0 Å². The van der Waals surface area contributed by atoms with Crippen molar-refractivity contribution in [2.75, 3.05) is 6.61 Å². The molecule has 0 N–H and O–H groups in total. The Kier molecular flexibility index (Phi) is 6.48. The number of halogens is 1. The van der Waals surface area contributed by atoms with E-state index in [1.165, 1.54) is 0 Å². The van der Waals surface area contributed by atoms with Crippen molar-refractivity contribution in [1.82, 2.24) is 5.01 Å². The van der Waals surface area contributed by atoms with Gasteiger partial charge in [0.15, 0.2) is 11.5 Å². The second-order valence-corrected chi connectivity index (χ2v) is 9.45. The summed E-state index contributed by atoms with van der Waals surface area (Å²) in [6.07, 6.45) is 8.90. The van der Waals surface area contributed by atoms with Crippen molar-refractivity contribution in [2.24, 2.45) is 28.8 Å². The zero-order valence-electron chi connectivity index (χ0n) is 19.5. The molecule has 2 amide bonds. The molecule has 3 aliphatic rings. The van der Waals surface area contributed by atoms with Crippen LogP contribution >= 0.6 is 11.6 Å². The van der Waals surface area contributed by atoms with E-state index in [2.05, 4.69) is 23.8 Å². The first kappa shape index (κ1) is 23.4. The second-order valence-electron chi connectivity index (χ2n) is 9.05. The number of hydrogen-bond acceptors (Lipinski definition) is 5. The van der Waals surface area contributed by atoms with Crippen LogP contribution in [0.5, 0.6) is 11.5 Å². The monoisotopic (exact) mass is 490 g/mol. The van der Waals surface area contributed by atoms with Crippen LogP contribution < -0.4 is 9.47 Å². The molecule has 5 rings (SSSR count). The summed E-state index contributed by atoms with van der Waals surface area (Å²) in [5.41, 5.74) is 2.43. The van der Waals surface area contributed by atoms with Crippen LogP contribution in [0, 0.1) is 23.7 Å². The van der Waals surface area contributed by atoms with E-state index in [0.717, 1.165) is 22.6 Å². The molecule has 0 unspecified atom stereocenters. The van der Waals surface area contributed by atoms with Gasteiger partial charge < -0.3 is 9.47 Å². The van der Waals surface area contributed by atoms with Crippen LogP contribution in [0.1, 0.15) is 30.0 Å². The van der Waals surface area contributed by atoms with Gasteiger partial charge in [-0.15, -0.1) is 6.58 Å². The molecule has 0 spiro atoms. The molecule has 1 saturated carbocycles. The minimum atomic E-state index is -0.273. The van der Waals surface area contributed by atoms with Crippen molar-refractivity contribution in [2.45, 2.75) is 26.4 Å². The van der Waals surface area contributed by atoms with Crippen molar-refractivity contribution in [1.29, 1.82) is 0 Å². The van der Waals surface area contributed by atoms with E-state index in [4.69, 9.17) is 21.1 Å². The number of carbonyl (C=O) groups is 2. The molecule has 35 heavy (non-hydrogen) atoms. The number of amides is 2. The zero-order valence-corrected chi connectivity index (χ0v) is 20.3. The Bertz CT molecular complexity index is 1210. The number of fused-ring (bicyclic) bond motifs is 5. The predicted octanol–water partition coefficient (Wildman–Crippen LogP) is 5.19. The summed E-state index contributed by atoms with van der Waals surface area (Å²) in [6.45, 7) is 6.49. The van der Waals surface area contributed by atoms with E-state index in [-0.39, 0.29) is 42.1 Å². The average molecular weight is 491 g/mol. The summed E-state index contributed by atoms with van der Waals surface area (Å²) in [6, 6.07) is 11.2. The number of hydrogen-bond donors (Lipinski definition) is 0. The topological polar surface area (TPSA) is 68.2 Å². The minimum Gasteiger partial charge on any atom is -0.490 e. The quantitative estimate of drug-likeness (QED) is 0.276. The van der Waals surface area contributed by atoms with Crippen LogP contribution in [0.3, 0.4) is 0 Å². The number of nitrogens with zero attached hydrogens (tertiary/aromatic N) is 2. The van der Waals surface area contributed by atoms with Gasteiger partial charge in [-0.05, 0) is 55.4 Å². The zero-order chi connectivity index (χ0) is 24.5. The summed E-state index contributed by atoms with van der Waals surface area (Å²) in [5.74, 6) is 0.511. The van der Waals surface area contributed by atoms with Crippen LogP contribution in [0.2, 0.25) is 5.02 Å². The summed E-state index contributed by atoms with van der Waals surface area (Å²) < 4.78 is 12.0. The number of imide groups is 1. The lowest BCUT2D eigenvalue weighted by atomic mass is 9.85. The summed E-state index contributed by atoms with van der Waals surface area (Å²) in [4.78, 5) is 25.9. The Hall–Kier alpha value is -3.38. The Labute approximate surface area is 209 Å². The maximum atomic E-state index is 12.9. The Morgan fingerprint density at radius 1 is 1.09 bits per heavy atom. The Morgan fingerprint density at radius 2 is 1.80 bits per heavy atom. The van der Waals surface area contributed by atoms with Crippen LogP contribution in [0.4, 0.5) is 0 Å². The molecule has 1 saturated heterocycles. The molecule has 0 radical (unpaired) electrons. The lowest BCUT2D eigenvalue weighted by Crippen LogP contribution is -2.28. The lowest BCUT2D eigenvalue weighted by molar-refractivity contribution is -0.140. The third kappa shape index (κ3) is 4.27. The van der Waals surface area contributed by atoms with Crippen molar-refractivity contribution in [3.05, 3.63) is 82.9 Å². The van der Waals surface area contributed by atoms with Gasteiger partial charge in [0.2, 0.25) is 0 Å². The fourth-order valence-corrected chi connectivity index (χ4v) is 5.57. The van der Waals surface area contributed by atoms with Crippen LogP contribution in [0.15, 0.2) is 66.3 Å². The van der Waals surface area contributed by atoms with E-state index in [9.17, 15) is 9.59 Å². The molecule has 180 valence electrons. The molecule has 1 aliphatic heterocycles. The summed E-state index contributed by atoms with van der Waals surface area (Å²) in [5, 5.41) is 6.00. The van der Waals surface area contributed by atoms with Crippen LogP contribution in [-0.2, 0) is 22.6 Å². The van der Waals surface area contributed by atoms with Gasteiger partial charge in [0, 0.05) is 16.1 Å². The third-order valence-corrected chi connectivity index (χ3v) is 7.29. The normalized spacial score (nSPS) is 24.5.